The van der Waals surface area contributed by atoms with Gasteiger partial charge in [0.05, 0.1) is 0 Å². The molecule has 0 saturated heterocycles. The number of aliphatic hydroxyl groups is 1. The molecule has 0 heterocycles. The lowest BCUT2D eigenvalue weighted by Crippen LogP contribution is -2.46. The topological polar surface area (TPSA) is 57.5 Å². The number of hydrogen-bond acceptors (Lipinski definition) is 2. The van der Waals surface area contributed by atoms with Crippen molar-refractivity contribution in [3.8, 4) is 0 Å². The fraction of sp³-hybridized carbons (Fsp3) is 0.444. The molecule has 1 aliphatic carbocycles. The maximum absolute atomic E-state index is 10.9. The highest BCUT2D eigenvalue weighted by Crippen LogP contribution is 2.38. The molecular formula is C9H11BrO3. The molecule has 0 aromatic rings. The van der Waals surface area contributed by atoms with Gasteiger partial charge >= 0.3 is 5.97 Å². The Labute approximate surface area is 84.9 Å². The molecule has 1 aliphatic rings. The fourth-order valence-electron chi connectivity index (χ4n) is 1.30. The van der Waals surface area contributed by atoms with E-state index in [0.717, 1.165) is 5.57 Å². The van der Waals surface area contributed by atoms with Gasteiger partial charge in [0.15, 0.2) is 5.60 Å². The lowest BCUT2D eigenvalue weighted by atomic mass is 9.80. The number of carboxylic acids is 1. The maximum atomic E-state index is 10.9. The smallest absolute Gasteiger partial charge is 0.341 e. The molecule has 13 heavy (non-hydrogen) atoms. The van der Waals surface area contributed by atoms with E-state index in [1.165, 1.54) is 0 Å². The first-order chi connectivity index (χ1) is 5.90. The van der Waals surface area contributed by atoms with Gasteiger partial charge in [0.25, 0.3) is 0 Å². The second-order valence-corrected chi connectivity index (χ2v) is 4.07. The monoisotopic (exact) mass is 246 g/mol. The van der Waals surface area contributed by atoms with Gasteiger partial charge in [0, 0.05) is 10.4 Å². The Morgan fingerprint density at radius 2 is 2.15 bits per heavy atom. The Balaban J connectivity index is 3.19. The van der Waals surface area contributed by atoms with Crippen molar-refractivity contribution in [2.24, 2.45) is 5.92 Å². The van der Waals surface area contributed by atoms with Gasteiger partial charge < -0.3 is 10.2 Å². The van der Waals surface area contributed by atoms with Crippen molar-refractivity contribution in [1.82, 2.24) is 0 Å². The largest absolute Gasteiger partial charge is 0.479 e. The van der Waals surface area contributed by atoms with E-state index in [9.17, 15) is 9.90 Å². The number of rotatable bonds is 1. The van der Waals surface area contributed by atoms with Crippen LogP contribution in [0.3, 0.4) is 0 Å². The number of halogens is 1. The van der Waals surface area contributed by atoms with E-state index in [-0.39, 0.29) is 0 Å². The molecule has 0 fully saturated rings. The maximum Gasteiger partial charge on any atom is 0.341 e. The quantitative estimate of drug-likeness (QED) is 0.741. The third-order valence-corrected chi connectivity index (χ3v) is 3.36. The predicted molar refractivity (Wildman–Crippen MR) is 52.5 cm³/mol. The lowest BCUT2D eigenvalue weighted by Gasteiger charge is -2.32. The number of aliphatic carboxylic acids is 1. The molecule has 0 aromatic carbocycles. The van der Waals surface area contributed by atoms with Gasteiger partial charge in [-0.05, 0) is 13.0 Å². The molecule has 0 spiro atoms. The van der Waals surface area contributed by atoms with E-state index in [0.29, 0.717) is 4.48 Å². The van der Waals surface area contributed by atoms with E-state index in [1.54, 1.807) is 26.0 Å². The van der Waals surface area contributed by atoms with Crippen LogP contribution in [0.15, 0.2) is 22.2 Å². The predicted octanol–water partition coefficient (Wildman–Crippen LogP) is 1.68. The first kappa shape index (κ1) is 10.5. The van der Waals surface area contributed by atoms with Crippen molar-refractivity contribution in [2.45, 2.75) is 19.4 Å². The molecule has 2 unspecified atom stereocenters. The number of carbonyl (C=O) groups is 1. The van der Waals surface area contributed by atoms with Gasteiger partial charge in [-0.15, -0.1) is 0 Å². The lowest BCUT2D eigenvalue weighted by molar-refractivity contribution is -0.157. The summed E-state index contributed by atoms with van der Waals surface area (Å²) in [6.45, 7) is 3.49. The minimum atomic E-state index is -1.81. The van der Waals surface area contributed by atoms with Gasteiger partial charge in [0.2, 0.25) is 0 Å². The second kappa shape index (κ2) is 3.27. The second-order valence-electron chi connectivity index (χ2n) is 3.22. The van der Waals surface area contributed by atoms with Crippen molar-refractivity contribution in [3.05, 3.63) is 22.2 Å². The van der Waals surface area contributed by atoms with Gasteiger partial charge in [-0.2, -0.15) is 0 Å². The van der Waals surface area contributed by atoms with E-state index in [4.69, 9.17) is 5.11 Å². The standard InChI is InChI=1S/C9H11BrO3/c1-5-3-4-7(10)9(13,6(5)2)8(11)12/h3-4,6,13H,1-2H3,(H,11,12). The number of hydrogen-bond donors (Lipinski definition) is 2. The van der Waals surface area contributed by atoms with Gasteiger partial charge in [-0.1, -0.05) is 34.5 Å². The van der Waals surface area contributed by atoms with Crippen LogP contribution in [0.5, 0.6) is 0 Å². The van der Waals surface area contributed by atoms with Crippen molar-refractivity contribution >= 4 is 21.9 Å². The molecule has 0 bridgehead atoms. The Morgan fingerprint density at radius 1 is 1.62 bits per heavy atom. The zero-order valence-electron chi connectivity index (χ0n) is 7.41. The highest BCUT2D eigenvalue weighted by Gasteiger charge is 2.46. The molecule has 72 valence electrons. The minimum Gasteiger partial charge on any atom is -0.479 e. The van der Waals surface area contributed by atoms with Crippen LogP contribution >= 0.6 is 15.9 Å². The van der Waals surface area contributed by atoms with Crippen molar-refractivity contribution < 1.29 is 15.0 Å². The summed E-state index contributed by atoms with van der Waals surface area (Å²) in [5, 5.41) is 18.8. The summed E-state index contributed by atoms with van der Waals surface area (Å²) in [5.74, 6) is -1.64. The third-order valence-electron chi connectivity index (χ3n) is 2.49. The molecule has 0 amide bonds. The minimum absolute atomic E-state index is 0.297. The van der Waals surface area contributed by atoms with Crippen LogP contribution in [0.1, 0.15) is 13.8 Å². The molecule has 3 nitrogen and oxygen atoms in total. The van der Waals surface area contributed by atoms with E-state index >= 15 is 0 Å². The Kier molecular flexibility index (Phi) is 2.63. The van der Waals surface area contributed by atoms with Gasteiger partial charge in [0.1, 0.15) is 0 Å². The molecule has 0 saturated carbocycles. The molecule has 0 radical (unpaired) electrons. The summed E-state index contributed by atoms with van der Waals surface area (Å²) < 4.78 is 0.297. The fourth-order valence-corrected chi connectivity index (χ4v) is 1.94. The average molecular weight is 247 g/mol. The summed E-state index contributed by atoms with van der Waals surface area (Å²) in [6.07, 6.45) is 3.37. The van der Waals surface area contributed by atoms with Crippen LogP contribution in [-0.4, -0.2) is 21.8 Å². The van der Waals surface area contributed by atoms with Gasteiger partial charge in [-0.3, -0.25) is 0 Å². The van der Waals surface area contributed by atoms with Crippen molar-refractivity contribution in [3.63, 3.8) is 0 Å². The summed E-state index contributed by atoms with van der Waals surface area (Å²) >= 11 is 3.06. The molecule has 4 heteroatoms. The van der Waals surface area contributed by atoms with Crippen LogP contribution in [0.25, 0.3) is 0 Å². The summed E-state index contributed by atoms with van der Waals surface area (Å²) in [5.41, 5.74) is -0.952. The highest BCUT2D eigenvalue weighted by atomic mass is 79.9. The zero-order chi connectivity index (χ0) is 10.2. The molecule has 2 atom stereocenters. The first-order valence-electron chi connectivity index (χ1n) is 3.91. The van der Waals surface area contributed by atoms with Crippen LogP contribution in [0, 0.1) is 5.92 Å². The van der Waals surface area contributed by atoms with Crippen molar-refractivity contribution in [2.75, 3.05) is 0 Å². The molecule has 1 rings (SSSR count). The van der Waals surface area contributed by atoms with E-state index in [2.05, 4.69) is 15.9 Å². The van der Waals surface area contributed by atoms with Crippen molar-refractivity contribution in [1.29, 1.82) is 0 Å². The summed E-state index contributed by atoms with van der Waals surface area (Å²) in [4.78, 5) is 10.9. The normalized spacial score (nSPS) is 33.7. The zero-order valence-corrected chi connectivity index (χ0v) is 9.00. The van der Waals surface area contributed by atoms with Crippen LogP contribution in [-0.2, 0) is 4.79 Å². The van der Waals surface area contributed by atoms with Crippen LogP contribution in [0.4, 0.5) is 0 Å². The number of allylic oxidation sites excluding steroid dienone is 2. The highest BCUT2D eigenvalue weighted by molar-refractivity contribution is 9.11. The molecule has 0 aromatic heterocycles. The van der Waals surface area contributed by atoms with Crippen LogP contribution < -0.4 is 0 Å². The van der Waals surface area contributed by atoms with Gasteiger partial charge in [-0.25, -0.2) is 4.79 Å². The molecule has 0 aliphatic heterocycles. The Bertz CT molecular complexity index is 306. The SMILES string of the molecule is CC1=CC=C(Br)C(O)(C(=O)O)C1C. The average Bonchev–Trinajstić information content (AvgIpc) is 2.08. The Hall–Kier alpha value is -0.610. The molecule has 2 N–H and O–H groups in total. The van der Waals surface area contributed by atoms with E-state index < -0.39 is 17.5 Å². The third kappa shape index (κ3) is 1.44. The van der Waals surface area contributed by atoms with E-state index in [1.807, 2.05) is 0 Å². The Morgan fingerprint density at radius 3 is 2.54 bits per heavy atom. The molecular weight excluding hydrogens is 236 g/mol. The van der Waals surface area contributed by atoms with Crippen LogP contribution in [0.2, 0.25) is 0 Å². The number of carboxylic acid groups (broad SMARTS) is 1. The summed E-state index contributed by atoms with van der Waals surface area (Å²) in [6, 6.07) is 0. The first-order valence-corrected chi connectivity index (χ1v) is 4.70. The summed E-state index contributed by atoms with van der Waals surface area (Å²) in [7, 11) is 0.